The second kappa shape index (κ2) is 11.8. The second-order valence-electron chi connectivity index (χ2n) is 5.54. The van der Waals surface area contributed by atoms with E-state index in [1.165, 1.54) is 27.4 Å². The van der Waals surface area contributed by atoms with Crippen LogP contribution in [0.4, 0.5) is 0 Å². The van der Waals surface area contributed by atoms with E-state index in [4.69, 9.17) is 28.4 Å². The lowest BCUT2D eigenvalue weighted by Gasteiger charge is -2.19. The van der Waals surface area contributed by atoms with Crippen molar-refractivity contribution in [3.63, 3.8) is 0 Å². The van der Waals surface area contributed by atoms with Gasteiger partial charge in [0.25, 0.3) is 0 Å². The lowest BCUT2D eigenvalue weighted by molar-refractivity contribution is -0.104. The number of ether oxygens (including phenoxy) is 6. The van der Waals surface area contributed by atoms with Gasteiger partial charge in [0.1, 0.15) is 6.29 Å². The number of hydrogen-bond donors (Lipinski definition) is 0. The first kappa shape index (κ1) is 21.4. The predicted octanol–water partition coefficient (Wildman–Crippen LogP) is 3.27. The molecule has 0 atom stereocenters. The van der Waals surface area contributed by atoms with E-state index >= 15 is 0 Å². The average Bonchev–Trinajstić information content (AvgIpc) is 2.73. The highest BCUT2D eigenvalue weighted by Crippen LogP contribution is 2.41. The third-order valence-electron chi connectivity index (χ3n) is 3.64. The van der Waals surface area contributed by atoms with Crippen LogP contribution in [0.25, 0.3) is 5.57 Å². The molecule has 7 nitrogen and oxygen atoms in total. The molecule has 0 saturated heterocycles. The van der Waals surface area contributed by atoms with E-state index in [9.17, 15) is 4.79 Å². The minimum atomic E-state index is 0.00174. The molecule has 0 unspecified atom stereocenters. The molecule has 0 saturated carbocycles. The van der Waals surface area contributed by atoms with E-state index in [-0.39, 0.29) is 20.4 Å². The Hall–Kier alpha value is -2.87. The summed E-state index contributed by atoms with van der Waals surface area (Å²) in [7, 11) is 4.55. The minimum absolute atomic E-state index is 0.00174. The average molecular weight is 388 g/mol. The van der Waals surface area contributed by atoms with Gasteiger partial charge in [-0.2, -0.15) is 0 Å². The van der Waals surface area contributed by atoms with E-state index in [1.54, 1.807) is 12.1 Å². The van der Waals surface area contributed by atoms with Crippen LogP contribution in [0.15, 0.2) is 48.5 Å². The number of rotatable bonds is 12. The first-order valence-electron chi connectivity index (χ1n) is 8.49. The quantitative estimate of drug-likeness (QED) is 0.314. The normalized spacial score (nSPS) is 11.2. The summed E-state index contributed by atoms with van der Waals surface area (Å²) in [5.74, 6) is 1.11. The summed E-state index contributed by atoms with van der Waals surface area (Å²) in [6.07, 6.45) is 2.23. The molecule has 0 heterocycles. The molecule has 0 aliphatic heterocycles. The van der Waals surface area contributed by atoms with Crippen LogP contribution in [0.3, 0.4) is 0 Å². The van der Waals surface area contributed by atoms with Crippen molar-refractivity contribution in [1.29, 1.82) is 0 Å². The van der Waals surface area contributed by atoms with Crippen LogP contribution < -0.4 is 14.2 Å². The fourth-order valence-corrected chi connectivity index (χ4v) is 2.50. The van der Waals surface area contributed by atoms with Crippen LogP contribution >= 0.6 is 0 Å². The molecule has 2 aromatic carbocycles. The van der Waals surface area contributed by atoms with Gasteiger partial charge in [0.2, 0.25) is 5.75 Å². The topological polar surface area (TPSA) is 72.5 Å². The third-order valence-corrected chi connectivity index (χ3v) is 3.64. The molecule has 0 aromatic heterocycles. The van der Waals surface area contributed by atoms with E-state index in [1.807, 2.05) is 30.3 Å². The van der Waals surface area contributed by atoms with Gasteiger partial charge in [-0.15, -0.1) is 0 Å². The number of carbonyl (C=O) groups is 1. The number of aldehydes is 1. The Morgan fingerprint density at radius 3 is 1.82 bits per heavy atom. The highest BCUT2D eigenvalue weighted by molar-refractivity contribution is 5.90. The van der Waals surface area contributed by atoms with Crippen molar-refractivity contribution in [2.45, 2.75) is 0 Å². The summed E-state index contributed by atoms with van der Waals surface area (Å²) in [6.45, 7) is 0.0188. The van der Waals surface area contributed by atoms with E-state index in [0.717, 1.165) is 11.8 Å². The van der Waals surface area contributed by atoms with Crippen LogP contribution in [0.1, 0.15) is 11.1 Å². The summed E-state index contributed by atoms with van der Waals surface area (Å²) in [4.78, 5) is 11.3. The molecule has 0 radical (unpaired) electrons. The fraction of sp³-hybridized carbons (Fsp3) is 0.286. The first-order valence-corrected chi connectivity index (χ1v) is 8.49. The number of hydrogen-bond acceptors (Lipinski definition) is 7. The Balaban J connectivity index is 2.58. The highest BCUT2D eigenvalue weighted by Gasteiger charge is 2.18. The number of carbonyl (C=O) groups excluding carboxylic acids is 1. The summed E-state index contributed by atoms with van der Waals surface area (Å²) in [6, 6.07) is 13.0. The summed E-state index contributed by atoms with van der Waals surface area (Å²) < 4.78 is 32.0. The van der Waals surface area contributed by atoms with Crippen molar-refractivity contribution >= 4 is 11.9 Å². The summed E-state index contributed by atoms with van der Waals surface area (Å²) >= 11 is 0. The van der Waals surface area contributed by atoms with Gasteiger partial charge in [-0.3, -0.25) is 4.79 Å². The molecule has 0 aliphatic rings. The zero-order valence-electron chi connectivity index (χ0n) is 16.2. The van der Waals surface area contributed by atoms with Gasteiger partial charge in [-0.05, 0) is 34.9 Å². The van der Waals surface area contributed by atoms with Crippen molar-refractivity contribution < 1.29 is 33.2 Å². The Morgan fingerprint density at radius 1 is 0.786 bits per heavy atom. The molecular weight excluding hydrogens is 364 g/mol. The zero-order valence-corrected chi connectivity index (χ0v) is 16.2. The molecule has 2 rings (SSSR count). The van der Waals surface area contributed by atoms with E-state index in [2.05, 4.69) is 0 Å². The Bertz CT molecular complexity index is 743. The van der Waals surface area contributed by atoms with Crippen molar-refractivity contribution in [3.8, 4) is 17.2 Å². The fourth-order valence-electron chi connectivity index (χ4n) is 2.50. The van der Waals surface area contributed by atoms with Gasteiger partial charge in [-0.1, -0.05) is 30.3 Å². The maximum atomic E-state index is 11.3. The third kappa shape index (κ3) is 5.82. The standard InChI is InChI=1S/C21H24O7/c1-23-13-26-19-11-17(18(9-10-22)16-7-5-4-6-8-16)12-20(27-14-24-2)21(19)28-15-25-3/h4-12H,13-15H2,1-3H3. The Labute approximate surface area is 164 Å². The largest absolute Gasteiger partial charge is 0.463 e. The number of allylic oxidation sites excluding steroid dienone is 1. The van der Waals surface area contributed by atoms with Crippen LogP contribution in [-0.2, 0) is 19.0 Å². The summed E-state index contributed by atoms with van der Waals surface area (Å²) in [5, 5.41) is 0. The highest BCUT2D eigenvalue weighted by atomic mass is 16.7. The first-order chi connectivity index (χ1) is 13.7. The van der Waals surface area contributed by atoms with Gasteiger partial charge in [0.15, 0.2) is 31.9 Å². The van der Waals surface area contributed by atoms with Crippen LogP contribution in [0.2, 0.25) is 0 Å². The maximum Gasteiger partial charge on any atom is 0.206 e. The van der Waals surface area contributed by atoms with Crippen LogP contribution in [0.5, 0.6) is 17.2 Å². The minimum Gasteiger partial charge on any atom is -0.463 e. The summed E-state index contributed by atoms with van der Waals surface area (Å²) in [5.41, 5.74) is 2.29. The molecule has 7 heteroatoms. The Kier molecular flexibility index (Phi) is 9.00. The molecule has 0 aliphatic carbocycles. The monoisotopic (exact) mass is 388 g/mol. The van der Waals surface area contributed by atoms with Crippen molar-refractivity contribution in [3.05, 3.63) is 59.7 Å². The number of methoxy groups -OCH3 is 3. The molecule has 0 bridgehead atoms. The van der Waals surface area contributed by atoms with Gasteiger partial charge in [0, 0.05) is 21.3 Å². The molecular formula is C21H24O7. The molecule has 0 N–H and O–H groups in total. The maximum absolute atomic E-state index is 11.3. The molecule has 150 valence electrons. The Morgan fingerprint density at radius 2 is 1.32 bits per heavy atom. The zero-order chi connectivity index (χ0) is 20.2. The molecule has 0 fully saturated rings. The van der Waals surface area contributed by atoms with Gasteiger partial charge < -0.3 is 28.4 Å². The number of benzene rings is 2. The lowest BCUT2D eigenvalue weighted by Crippen LogP contribution is -2.08. The molecule has 2 aromatic rings. The van der Waals surface area contributed by atoms with Crippen LogP contribution in [0, 0.1) is 0 Å². The van der Waals surface area contributed by atoms with E-state index < -0.39 is 0 Å². The second-order valence-corrected chi connectivity index (χ2v) is 5.54. The lowest BCUT2D eigenvalue weighted by atomic mass is 9.97. The molecule has 28 heavy (non-hydrogen) atoms. The predicted molar refractivity (Wildman–Crippen MR) is 104 cm³/mol. The van der Waals surface area contributed by atoms with Crippen molar-refractivity contribution in [2.75, 3.05) is 41.7 Å². The van der Waals surface area contributed by atoms with Gasteiger partial charge >= 0.3 is 0 Å². The van der Waals surface area contributed by atoms with Gasteiger partial charge in [0.05, 0.1) is 0 Å². The molecule has 0 spiro atoms. The van der Waals surface area contributed by atoms with Gasteiger partial charge in [-0.25, -0.2) is 0 Å². The van der Waals surface area contributed by atoms with Crippen molar-refractivity contribution in [2.24, 2.45) is 0 Å². The molecule has 0 amide bonds. The van der Waals surface area contributed by atoms with Crippen LogP contribution in [-0.4, -0.2) is 48.0 Å². The van der Waals surface area contributed by atoms with Crippen molar-refractivity contribution in [1.82, 2.24) is 0 Å². The SMILES string of the molecule is COCOc1cc(C(=CC=O)c2ccccc2)cc(OCOC)c1OCOC. The van der Waals surface area contributed by atoms with E-state index in [0.29, 0.717) is 28.4 Å². The smallest absolute Gasteiger partial charge is 0.206 e.